The molecule has 0 aliphatic carbocycles. The van der Waals surface area contributed by atoms with Crippen LogP contribution in [0.4, 0.5) is 0 Å². The van der Waals surface area contributed by atoms with Gasteiger partial charge in [0.2, 0.25) is 0 Å². The van der Waals surface area contributed by atoms with Crippen LogP contribution in [0.25, 0.3) is 0 Å². The zero-order chi connectivity index (χ0) is 26.7. The van der Waals surface area contributed by atoms with E-state index in [4.69, 9.17) is 30.3 Å². The fourth-order valence-electron chi connectivity index (χ4n) is 3.20. The van der Waals surface area contributed by atoms with Crippen molar-refractivity contribution in [2.45, 2.75) is 121 Å². The monoisotopic (exact) mass is 502 g/mol. The van der Waals surface area contributed by atoms with Gasteiger partial charge in [-0.1, -0.05) is 83.4 Å². The van der Waals surface area contributed by atoms with Crippen LogP contribution in [-0.4, -0.2) is 75.4 Å². The number of aldehydes is 1. The summed E-state index contributed by atoms with van der Waals surface area (Å²) in [7, 11) is 0. The first-order valence-corrected chi connectivity index (χ1v) is 13.1. The van der Waals surface area contributed by atoms with Crippen LogP contribution in [0.1, 0.15) is 96.8 Å². The molecule has 0 unspecified atom stereocenters. The lowest BCUT2D eigenvalue weighted by Gasteiger charge is -2.22. The minimum atomic E-state index is -1.79. The van der Waals surface area contributed by atoms with Gasteiger partial charge < -0.3 is 35.1 Å². The molecular weight excluding hydrogens is 452 g/mol. The molecule has 0 aromatic rings. The second kappa shape index (κ2) is 27.0. The van der Waals surface area contributed by atoms with Crippen molar-refractivity contribution in [1.82, 2.24) is 0 Å². The Labute approximate surface area is 211 Å². The van der Waals surface area contributed by atoms with Gasteiger partial charge in [-0.25, -0.2) is 4.79 Å². The average Bonchev–Trinajstić information content (AvgIpc) is 2.88. The first-order valence-electron chi connectivity index (χ1n) is 13.1. The Kier molecular flexibility index (Phi) is 27.5. The van der Waals surface area contributed by atoms with Gasteiger partial charge in [-0.3, -0.25) is 0 Å². The molecule has 8 nitrogen and oxygen atoms in total. The fraction of sp³-hybridized carbons (Fsp3) is 0.778. The first kappa shape index (κ1) is 35.6. The van der Waals surface area contributed by atoms with Gasteiger partial charge in [-0.2, -0.15) is 0 Å². The van der Waals surface area contributed by atoms with Gasteiger partial charge >= 0.3 is 5.97 Å². The van der Waals surface area contributed by atoms with E-state index in [0.29, 0.717) is 6.61 Å². The molecule has 0 amide bonds. The van der Waals surface area contributed by atoms with Crippen LogP contribution in [0, 0.1) is 0 Å². The SMILES string of the molecule is C=CC(=O)OCCCCCCCC/C=C\CCCCCCCC.O=C[C@H](O)[C@@H](O)[C@H](O)[C@H](O)CO. The third-order valence-corrected chi connectivity index (χ3v) is 5.49. The lowest BCUT2D eigenvalue weighted by Crippen LogP contribution is -2.46. The normalized spacial score (nSPS) is 14.5. The third kappa shape index (κ3) is 23.9. The van der Waals surface area contributed by atoms with E-state index in [1.165, 1.54) is 83.1 Å². The summed E-state index contributed by atoms with van der Waals surface area (Å²) in [6, 6.07) is 0. The summed E-state index contributed by atoms with van der Waals surface area (Å²) in [4.78, 5) is 20.7. The number of unbranched alkanes of at least 4 members (excludes halogenated alkanes) is 12. The van der Waals surface area contributed by atoms with Crippen LogP contribution in [0.2, 0.25) is 0 Å². The molecule has 0 bridgehead atoms. The largest absolute Gasteiger partial charge is 0.463 e. The van der Waals surface area contributed by atoms with Crippen LogP contribution in [0.5, 0.6) is 0 Å². The molecule has 0 radical (unpaired) electrons. The number of hydrogen-bond acceptors (Lipinski definition) is 8. The predicted octanol–water partition coefficient (Wildman–Crippen LogP) is 3.37. The Morgan fingerprint density at radius 3 is 1.74 bits per heavy atom. The Bertz CT molecular complexity index is 523. The van der Waals surface area contributed by atoms with Gasteiger partial charge in [-0.15, -0.1) is 0 Å². The highest BCUT2D eigenvalue weighted by atomic mass is 16.5. The summed E-state index contributed by atoms with van der Waals surface area (Å²) in [6.07, 6.45) is 17.2. The van der Waals surface area contributed by atoms with E-state index in [0.717, 1.165) is 12.8 Å². The van der Waals surface area contributed by atoms with Gasteiger partial charge in [0.1, 0.15) is 24.4 Å². The average molecular weight is 503 g/mol. The molecule has 206 valence electrons. The van der Waals surface area contributed by atoms with Gasteiger partial charge in [0.25, 0.3) is 0 Å². The molecule has 0 aliphatic rings. The maximum absolute atomic E-state index is 10.8. The number of aliphatic hydroxyl groups excluding tert-OH is 5. The van der Waals surface area contributed by atoms with Crippen molar-refractivity contribution in [2.24, 2.45) is 0 Å². The van der Waals surface area contributed by atoms with Crippen LogP contribution in [-0.2, 0) is 14.3 Å². The van der Waals surface area contributed by atoms with E-state index in [1.807, 2.05) is 0 Å². The van der Waals surface area contributed by atoms with E-state index in [-0.39, 0.29) is 12.3 Å². The maximum atomic E-state index is 10.8. The second-order valence-corrected chi connectivity index (χ2v) is 8.67. The highest BCUT2D eigenvalue weighted by Gasteiger charge is 2.29. The number of ether oxygens (including phenoxy) is 1. The number of aliphatic hydroxyl groups is 5. The van der Waals surface area contributed by atoms with E-state index < -0.39 is 31.0 Å². The zero-order valence-corrected chi connectivity index (χ0v) is 21.6. The molecule has 0 saturated heterocycles. The van der Waals surface area contributed by atoms with Gasteiger partial charge in [-0.05, 0) is 32.1 Å². The minimum Gasteiger partial charge on any atom is -0.463 e. The maximum Gasteiger partial charge on any atom is 0.330 e. The molecule has 8 heteroatoms. The number of esters is 1. The molecule has 5 N–H and O–H groups in total. The smallest absolute Gasteiger partial charge is 0.330 e. The van der Waals surface area contributed by atoms with Crippen LogP contribution in [0.3, 0.4) is 0 Å². The van der Waals surface area contributed by atoms with Gasteiger partial charge in [0.15, 0.2) is 6.29 Å². The first-order chi connectivity index (χ1) is 16.8. The number of allylic oxidation sites excluding steroid dienone is 2. The zero-order valence-electron chi connectivity index (χ0n) is 21.6. The molecule has 0 aliphatic heterocycles. The summed E-state index contributed by atoms with van der Waals surface area (Å²) < 4.78 is 4.94. The minimum absolute atomic E-state index is 0.0258. The summed E-state index contributed by atoms with van der Waals surface area (Å²) in [6.45, 7) is 5.42. The Morgan fingerprint density at radius 2 is 1.29 bits per heavy atom. The third-order valence-electron chi connectivity index (χ3n) is 5.49. The molecule has 4 atom stereocenters. The van der Waals surface area contributed by atoms with Crippen molar-refractivity contribution in [2.75, 3.05) is 13.2 Å². The van der Waals surface area contributed by atoms with E-state index >= 15 is 0 Å². The molecule has 0 rings (SSSR count). The van der Waals surface area contributed by atoms with Crippen LogP contribution < -0.4 is 0 Å². The van der Waals surface area contributed by atoms with E-state index in [2.05, 4.69) is 25.7 Å². The van der Waals surface area contributed by atoms with Crippen molar-refractivity contribution >= 4 is 12.3 Å². The molecule has 0 spiro atoms. The molecule has 0 saturated carbocycles. The molecule has 0 aromatic carbocycles. The molecule has 0 heterocycles. The van der Waals surface area contributed by atoms with Crippen molar-refractivity contribution in [1.29, 1.82) is 0 Å². The van der Waals surface area contributed by atoms with E-state index in [9.17, 15) is 9.59 Å². The molecule has 0 fully saturated rings. The number of hydrogen-bond donors (Lipinski definition) is 5. The van der Waals surface area contributed by atoms with Crippen molar-refractivity contribution in [3.05, 3.63) is 24.8 Å². The molecule has 35 heavy (non-hydrogen) atoms. The number of rotatable bonds is 22. The Balaban J connectivity index is 0. The summed E-state index contributed by atoms with van der Waals surface area (Å²) in [5.41, 5.74) is 0. The highest BCUT2D eigenvalue weighted by Crippen LogP contribution is 2.10. The Morgan fingerprint density at radius 1 is 0.800 bits per heavy atom. The highest BCUT2D eigenvalue weighted by molar-refractivity contribution is 5.81. The van der Waals surface area contributed by atoms with Crippen LogP contribution >= 0.6 is 0 Å². The van der Waals surface area contributed by atoms with Crippen molar-refractivity contribution in [3.63, 3.8) is 0 Å². The fourth-order valence-corrected chi connectivity index (χ4v) is 3.20. The number of carbonyl (C=O) groups excluding carboxylic acids is 2. The lowest BCUT2D eigenvalue weighted by molar-refractivity contribution is -0.138. The lowest BCUT2D eigenvalue weighted by atomic mass is 10.0. The van der Waals surface area contributed by atoms with Crippen molar-refractivity contribution < 1.29 is 39.9 Å². The summed E-state index contributed by atoms with van der Waals surface area (Å²) in [5.74, 6) is -0.308. The van der Waals surface area contributed by atoms with Crippen molar-refractivity contribution in [3.8, 4) is 0 Å². The summed E-state index contributed by atoms with van der Waals surface area (Å²) in [5, 5.41) is 43.5. The second-order valence-electron chi connectivity index (χ2n) is 8.67. The Hall–Kier alpha value is -1.58. The standard InChI is InChI=1S/C21H38O2.C6H12O6/c1-3-5-6-7-8-9-10-11-12-13-14-15-16-17-18-19-20-23-21(22)4-2;7-1-3(9)5(11)6(12)4(10)2-8/h4,11-12H,2-3,5-10,13-20H2,1H3;1,3-6,8-12H,2H2/b12-11-;/t;3-,4+,5+,6+/m.0/s1. The molecular formula is C27H50O8. The summed E-state index contributed by atoms with van der Waals surface area (Å²) >= 11 is 0. The predicted molar refractivity (Wildman–Crippen MR) is 138 cm³/mol. The van der Waals surface area contributed by atoms with Crippen LogP contribution in [0.15, 0.2) is 24.8 Å². The topological polar surface area (TPSA) is 145 Å². The number of carbonyl (C=O) groups is 2. The van der Waals surface area contributed by atoms with Gasteiger partial charge in [0, 0.05) is 6.08 Å². The molecule has 0 aromatic heterocycles. The quantitative estimate of drug-likeness (QED) is 0.0498. The van der Waals surface area contributed by atoms with E-state index in [1.54, 1.807) is 0 Å². The van der Waals surface area contributed by atoms with Gasteiger partial charge in [0.05, 0.1) is 13.2 Å².